The van der Waals surface area contributed by atoms with Crippen LogP contribution in [-0.4, -0.2) is 24.4 Å². The van der Waals surface area contributed by atoms with Crippen LogP contribution in [0, 0.1) is 0 Å². The quantitative estimate of drug-likeness (QED) is 0.159. The predicted molar refractivity (Wildman–Crippen MR) is 114 cm³/mol. The van der Waals surface area contributed by atoms with Crippen LogP contribution in [-0.2, 0) is 4.74 Å². The number of rotatable bonds is 6. The van der Waals surface area contributed by atoms with Crippen molar-refractivity contribution in [3.05, 3.63) is 61.0 Å². The van der Waals surface area contributed by atoms with Gasteiger partial charge in [0, 0.05) is 0 Å². The van der Waals surface area contributed by atoms with E-state index in [-0.39, 0.29) is 42.5 Å². The largest absolute Gasteiger partial charge is 0.462 e. The third kappa shape index (κ3) is 3.97. The fraction of sp³-hybridized carbons (Fsp3) is 0.250. The van der Waals surface area contributed by atoms with Crippen LogP contribution < -0.4 is 4.90 Å². The monoisotopic (exact) mass is 473 g/mol. The van der Waals surface area contributed by atoms with Gasteiger partial charge in [0.25, 0.3) is 11.8 Å². The molecule has 0 spiro atoms. The van der Waals surface area contributed by atoms with Crippen molar-refractivity contribution in [3.8, 4) is 0 Å². The maximum atomic E-state index is 12.9. The summed E-state index contributed by atoms with van der Waals surface area (Å²) < 4.78 is 5.23. The summed E-state index contributed by atoms with van der Waals surface area (Å²) in [6, 6.07) is 6.00. The molecule has 0 aliphatic carbocycles. The zero-order chi connectivity index (χ0) is 21.3. The molecule has 0 unspecified atom stereocenters. The topological polar surface area (TPSA) is 63.7 Å². The fourth-order valence-corrected chi connectivity index (χ4v) is 3.97. The molecule has 0 saturated heterocycles. The summed E-state index contributed by atoms with van der Waals surface area (Å²) in [7, 11) is 0. The van der Waals surface area contributed by atoms with E-state index in [0.29, 0.717) is 6.61 Å². The number of amides is 2. The number of benzene rings is 2. The van der Waals surface area contributed by atoms with Gasteiger partial charge in [0.15, 0.2) is 0 Å². The molecule has 9 heteroatoms. The molecule has 152 valence electrons. The van der Waals surface area contributed by atoms with Gasteiger partial charge in [0.2, 0.25) is 0 Å². The average Bonchev–Trinajstić information content (AvgIpc) is 2.98. The molecule has 29 heavy (non-hydrogen) atoms. The summed E-state index contributed by atoms with van der Waals surface area (Å²) in [6.45, 7) is 2.35. The number of carbonyl (C=O) groups excluding carboxylic acids is 3. The summed E-state index contributed by atoms with van der Waals surface area (Å²) in [5, 5.41) is -0.513. The Hall–Kier alpha value is -1.79. The van der Waals surface area contributed by atoms with Crippen LogP contribution in [0.3, 0.4) is 0 Å². The van der Waals surface area contributed by atoms with Gasteiger partial charge in [-0.15, -0.1) is 0 Å². The standard InChI is InChI=1S/C20H15Cl4NO4/c1-2-3-4-8-29-20(28)10-6-5-7-11(9-10)25-18(26)12-13(19(25)27)15(22)17(24)16(23)14(12)21/h5-7,9H,2-4,8H2,1H3. The first-order chi connectivity index (χ1) is 13.8. The number of unbranched alkanes of at least 4 members (excludes halogenated alkanes) is 2. The fourth-order valence-electron chi connectivity index (χ4n) is 2.96. The maximum Gasteiger partial charge on any atom is 0.338 e. The first-order valence-electron chi connectivity index (χ1n) is 8.81. The van der Waals surface area contributed by atoms with E-state index >= 15 is 0 Å². The highest BCUT2D eigenvalue weighted by atomic mass is 35.5. The molecule has 0 aromatic heterocycles. The van der Waals surface area contributed by atoms with Gasteiger partial charge in [0.05, 0.1) is 49.1 Å². The zero-order valence-corrected chi connectivity index (χ0v) is 18.3. The van der Waals surface area contributed by atoms with Crippen LogP contribution >= 0.6 is 46.4 Å². The Morgan fingerprint density at radius 1 is 0.931 bits per heavy atom. The van der Waals surface area contributed by atoms with Gasteiger partial charge < -0.3 is 4.74 Å². The number of fused-ring (bicyclic) bond motifs is 1. The third-order valence-electron chi connectivity index (χ3n) is 4.42. The number of hydrogen-bond acceptors (Lipinski definition) is 4. The number of carbonyl (C=O) groups is 3. The number of esters is 1. The molecule has 0 bridgehead atoms. The number of anilines is 1. The molecular formula is C20H15Cl4NO4. The molecular weight excluding hydrogens is 460 g/mol. The van der Waals surface area contributed by atoms with E-state index in [1.165, 1.54) is 18.2 Å². The van der Waals surface area contributed by atoms with Crippen molar-refractivity contribution >= 4 is 69.9 Å². The Morgan fingerprint density at radius 3 is 2.07 bits per heavy atom. The van der Waals surface area contributed by atoms with Crippen LogP contribution in [0.15, 0.2) is 24.3 Å². The molecule has 1 heterocycles. The van der Waals surface area contributed by atoms with Crippen LogP contribution in [0.25, 0.3) is 0 Å². The Bertz CT molecular complexity index is 975. The molecule has 0 saturated carbocycles. The molecule has 3 rings (SSSR count). The molecule has 2 amide bonds. The van der Waals surface area contributed by atoms with Crippen molar-refractivity contribution in [1.29, 1.82) is 0 Å². The van der Waals surface area contributed by atoms with Gasteiger partial charge in [-0.05, 0) is 24.6 Å². The van der Waals surface area contributed by atoms with E-state index in [1.54, 1.807) is 6.07 Å². The van der Waals surface area contributed by atoms with Crippen molar-refractivity contribution in [2.75, 3.05) is 11.5 Å². The van der Waals surface area contributed by atoms with Crippen molar-refractivity contribution in [1.82, 2.24) is 0 Å². The molecule has 0 atom stereocenters. The van der Waals surface area contributed by atoms with E-state index < -0.39 is 17.8 Å². The lowest BCUT2D eigenvalue weighted by molar-refractivity contribution is 0.0497. The van der Waals surface area contributed by atoms with Crippen LogP contribution in [0.1, 0.15) is 57.3 Å². The maximum absolute atomic E-state index is 12.9. The lowest BCUT2D eigenvalue weighted by Crippen LogP contribution is -2.29. The number of imide groups is 1. The first kappa shape index (κ1) is 21.9. The predicted octanol–water partition coefficient (Wildman–Crippen LogP) is 6.45. The summed E-state index contributed by atoms with van der Waals surface area (Å²) in [5.74, 6) is -1.95. The molecule has 0 radical (unpaired) electrons. The second-order valence-electron chi connectivity index (χ2n) is 6.34. The van der Waals surface area contributed by atoms with Gasteiger partial charge in [0.1, 0.15) is 0 Å². The minimum atomic E-state index is -0.705. The second kappa shape index (κ2) is 8.92. The van der Waals surface area contributed by atoms with Gasteiger partial charge >= 0.3 is 5.97 Å². The summed E-state index contributed by atoms with van der Waals surface area (Å²) in [5.41, 5.74) is 0.148. The molecule has 2 aromatic rings. The number of halogens is 4. The summed E-state index contributed by atoms with van der Waals surface area (Å²) in [6.07, 6.45) is 2.72. The zero-order valence-electron chi connectivity index (χ0n) is 15.2. The third-order valence-corrected chi connectivity index (χ3v) is 6.22. The van der Waals surface area contributed by atoms with Crippen molar-refractivity contribution in [2.24, 2.45) is 0 Å². The molecule has 0 fully saturated rings. The highest BCUT2D eigenvalue weighted by molar-refractivity contribution is 6.56. The molecule has 0 N–H and O–H groups in total. The molecule has 2 aromatic carbocycles. The number of nitrogens with zero attached hydrogens (tertiary/aromatic N) is 1. The highest BCUT2D eigenvalue weighted by Gasteiger charge is 2.42. The lowest BCUT2D eigenvalue weighted by Gasteiger charge is -2.15. The van der Waals surface area contributed by atoms with Crippen LogP contribution in [0.2, 0.25) is 20.1 Å². The van der Waals surface area contributed by atoms with Gasteiger partial charge in [-0.3, -0.25) is 9.59 Å². The Kier molecular flexibility index (Phi) is 6.74. The van der Waals surface area contributed by atoms with Gasteiger partial charge in [-0.25, -0.2) is 9.69 Å². The normalized spacial score (nSPS) is 13.1. The highest BCUT2D eigenvalue weighted by Crippen LogP contribution is 2.45. The van der Waals surface area contributed by atoms with E-state index in [9.17, 15) is 14.4 Å². The lowest BCUT2D eigenvalue weighted by atomic mass is 10.1. The Morgan fingerprint density at radius 2 is 1.52 bits per heavy atom. The van der Waals surface area contributed by atoms with E-state index in [0.717, 1.165) is 24.2 Å². The van der Waals surface area contributed by atoms with E-state index in [4.69, 9.17) is 51.1 Å². The van der Waals surface area contributed by atoms with Crippen LogP contribution in [0.5, 0.6) is 0 Å². The first-order valence-corrected chi connectivity index (χ1v) is 10.3. The minimum absolute atomic E-state index is 0.107. The van der Waals surface area contributed by atoms with Gasteiger partial charge in [-0.1, -0.05) is 72.2 Å². The van der Waals surface area contributed by atoms with Crippen molar-refractivity contribution in [3.63, 3.8) is 0 Å². The number of hydrogen-bond donors (Lipinski definition) is 0. The molecule has 5 nitrogen and oxygen atoms in total. The van der Waals surface area contributed by atoms with Crippen molar-refractivity contribution < 1.29 is 19.1 Å². The Labute approximate surface area is 187 Å². The van der Waals surface area contributed by atoms with E-state index in [2.05, 4.69) is 0 Å². The molecule has 1 aliphatic heterocycles. The number of ether oxygens (including phenoxy) is 1. The van der Waals surface area contributed by atoms with Gasteiger partial charge in [-0.2, -0.15) is 0 Å². The van der Waals surface area contributed by atoms with Crippen molar-refractivity contribution in [2.45, 2.75) is 26.2 Å². The van der Waals surface area contributed by atoms with E-state index in [1.807, 2.05) is 6.92 Å². The molecule has 1 aliphatic rings. The average molecular weight is 475 g/mol. The summed E-state index contributed by atoms with van der Waals surface area (Å²) >= 11 is 24.3. The second-order valence-corrected chi connectivity index (χ2v) is 7.86. The van der Waals surface area contributed by atoms with Crippen LogP contribution in [0.4, 0.5) is 5.69 Å². The summed E-state index contributed by atoms with van der Waals surface area (Å²) in [4.78, 5) is 39.0. The Balaban J connectivity index is 1.93. The smallest absolute Gasteiger partial charge is 0.338 e. The SMILES string of the molecule is CCCCCOC(=O)c1cccc(N2C(=O)c3c(Cl)c(Cl)c(Cl)c(Cl)c3C2=O)c1. The minimum Gasteiger partial charge on any atom is -0.462 e.